The third-order valence-corrected chi connectivity index (χ3v) is 5.48. The van der Waals surface area contributed by atoms with Gasteiger partial charge in [-0.3, -0.25) is 0 Å². The maximum absolute atomic E-state index is 12.5. The molecule has 1 aliphatic rings. The molecule has 0 saturated carbocycles. The Labute approximate surface area is 167 Å². The monoisotopic (exact) mass is 400 g/mol. The molecule has 9 heteroatoms. The minimum atomic E-state index is -0.508. The van der Waals surface area contributed by atoms with Crippen LogP contribution in [-0.4, -0.2) is 49.3 Å². The number of anilines is 1. The van der Waals surface area contributed by atoms with Crippen LogP contribution in [0, 0.1) is 0 Å². The molecule has 0 bridgehead atoms. The van der Waals surface area contributed by atoms with Crippen LogP contribution >= 0.6 is 11.3 Å². The second kappa shape index (κ2) is 7.05. The molecule has 1 amide bonds. The predicted molar refractivity (Wildman–Crippen MR) is 108 cm³/mol. The first-order valence-corrected chi connectivity index (χ1v) is 10.2. The number of nitrogens with zero attached hydrogens (tertiary/aromatic N) is 5. The summed E-state index contributed by atoms with van der Waals surface area (Å²) in [6, 6.07) is 1.86. The van der Waals surface area contributed by atoms with E-state index in [1.54, 1.807) is 21.8 Å². The predicted octanol–water partition coefficient (Wildman–Crippen LogP) is 3.55. The average molecular weight is 401 g/mol. The Bertz CT molecular complexity index is 992. The highest BCUT2D eigenvalue weighted by Crippen LogP contribution is 2.31. The van der Waals surface area contributed by atoms with Gasteiger partial charge in [-0.25, -0.2) is 14.8 Å². The summed E-state index contributed by atoms with van der Waals surface area (Å²) in [6.07, 6.45) is 5.07. The lowest BCUT2D eigenvalue weighted by molar-refractivity contribution is 0.0197. The van der Waals surface area contributed by atoms with Crippen molar-refractivity contribution in [3.63, 3.8) is 0 Å². The zero-order valence-electron chi connectivity index (χ0n) is 16.3. The number of hydrogen-bond acceptors (Lipinski definition) is 7. The Hall–Kier alpha value is -2.68. The van der Waals surface area contributed by atoms with Gasteiger partial charge < -0.3 is 15.4 Å². The van der Waals surface area contributed by atoms with E-state index in [1.807, 2.05) is 32.2 Å². The molecular weight excluding hydrogens is 376 g/mol. The molecule has 4 rings (SSSR count). The van der Waals surface area contributed by atoms with Gasteiger partial charge in [-0.1, -0.05) is 0 Å². The van der Waals surface area contributed by atoms with Crippen molar-refractivity contribution in [1.29, 1.82) is 0 Å². The smallest absolute Gasteiger partial charge is 0.410 e. The summed E-state index contributed by atoms with van der Waals surface area (Å²) in [4.78, 5) is 23.5. The topological polar surface area (TPSA) is 98.6 Å². The van der Waals surface area contributed by atoms with Crippen LogP contribution in [-0.2, 0) is 4.74 Å². The van der Waals surface area contributed by atoms with Crippen LogP contribution in [0.1, 0.15) is 45.2 Å². The normalized spacial score (nSPS) is 17.8. The molecule has 1 fully saturated rings. The van der Waals surface area contributed by atoms with Crippen LogP contribution in [0.25, 0.3) is 16.2 Å². The van der Waals surface area contributed by atoms with E-state index in [2.05, 4.69) is 10.1 Å². The first-order chi connectivity index (χ1) is 13.3. The van der Waals surface area contributed by atoms with Gasteiger partial charge in [0, 0.05) is 36.7 Å². The van der Waals surface area contributed by atoms with Gasteiger partial charge in [0.25, 0.3) is 0 Å². The van der Waals surface area contributed by atoms with Gasteiger partial charge in [-0.05, 0) is 33.6 Å². The second-order valence-electron chi connectivity index (χ2n) is 8.00. The maximum atomic E-state index is 12.5. The number of piperidine rings is 1. The fourth-order valence-electron chi connectivity index (χ4n) is 3.43. The van der Waals surface area contributed by atoms with Crippen LogP contribution in [0.15, 0.2) is 23.8 Å². The first-order valence-electron chi connectivity index (χ1n) is 9.34. The number of aromatic nitrogens is 4. The molecule has 1 unspecified atom stereocenters. The number of amides is 1. The molecule has 0 spiro atoms. The number of carbonyl (C=O) groups is 1. The first kappa shape index (κ1) is 18.7. The van der Waals surface area contributed by atoms with Crippen molar-refractivity contribution in [2.45, 2.75) is 45.1 Å². The zero-order chi connectivity index (χ0) is 19.9. The van der Waals surface area contributed by atoms with Crippen LogP contribution in [0.3, 0.4) is 0 Å². The van der Waals surface area contributed by atoms with E-state index in [4.69, 9.17) is 15.5 Å². The highest BCUT2D eigenvalue weighted by Gasteiger charge is 2.29. The molecule has 4 heterocycles. The number of thiazole rings is 1. The molecular formula is C19H24N6O2S. The number of nitrogens with two attached hydrogens (primary N) is 1. The summed E-state index contributed by atoms with van der Waals surface area (Å²) in [5, 5.41) is 7.14. The second-order valence-corrected chi connectivity index (χ2v) is 8.90. The van der Waals surface area contributed by atoms with Crippen LogP contribution in [0.4, 0.5) is 10.6 Å². The van der Waals surface area contributed by atoms with Crippen LogP contribution in [0.5, 0.6) is 0 Å². The van der Waals surface area contributed by atoms with E-state index >= 15 is 0 Å². The molecule has 3 aromatic heterocycles. The van der Waals surface area contributed by atoms with Crippen molar-refractivity contribution in [3.05, 3.63) is 29.5 Å². The lowest BCUT2D eigenvalue weighted by atomic mass is 9.94. The third kappa shape index (κ3) is 3.66. The van der Waals surface area contributed by atoms with Crippen molar-refractivity contribution in [3.8, 4) is 10.6 Å². The SMILES string of the molecule is CC(C)(C)OC(=O)N1CCCC(c2cc(N)n3ncc(-c4nccs4)c3n2)C1. The molecule has 0 aromatic carbocycles. The standard InChI is InChI=1S/C19H24N6O2S/c1-19(2,3)27-18(26)24-7-4-5-12(11-24)14-9-15(20)25-16(23-14)13(10-22-25)17-21-6-8-28-17/h6,8-10,12H,4-5,7,11,20H2,1-3H3. The molecule has 3 aromatic rings. The van der Waals surface area contributed by atoms with Crippen molar-refractivity contribution in [2.75, 3.05) is 18.8 Å². The van der Waals surface area contributed by atoms with Crippen LogP contribution in [0.2, 0.25) is 0 Å². The summed E-state index contributed by atoms with van der Waals surface area (Å²) < 4.78 is 7.17. The molecule has 28 heavy (non-hydrogen) atoms. The molecule has 0 radical (unpaired) electrons. The van der Waals surface area contributed by atoms with Gasteiger partial charge in [0.1, 0.15) is 16.4 Å². The Balaban J connectivity index is 1.63. The minimum absolute atomic E-state index is 0.104. The largest absolute Gasteiger partial charge is 0.444 e. The Kier molecular flexibility index (Phi) is 4.70. The van der Waals surface area contributed by atoms with Gasteiger partial charge in [0.05, 0.1) is 17.5 Å². The molecule has 8 nitrogen and oxygen atoms in total. The van der Waals surface area contributed by atoms with Crippen molar-refractivity contribution < 1.29 is 9.53 Å². The highest BCUT2D eigenvalue weighted by atomic mass is 32.1. The van der Waals surface area contributed by atoms with Gasteiger partial charge in [0.2, 0.25) is 0 Å². The number of hydrogen-bond donors (Lipinski definition) is 1. The van der Waals surface area contributed by atoms with E-state index in [9.17, 15) is 4.79 Å². The third-order valence-electron chi connectivity index (χ3n) is 4.67. The number of carbonyl (C=O) groups excluding carboxylic acids is 1. The Morgan fingerprint density at radius 2 is 2.21 bits per heavy atom. The van der Waals surface area contributed by atoms with Crippen LogP contribution < -0.4 is 5.73 Å². The summed E-state index contributed by atoms with van der Waals surface area (Å²) >= 11 is 1.54. The van der Waals surface area contributed by atoms with Gasteiger partial charge in [-0.2, -0.15) is 9.61 Å². The van der Waals surface area contributed by atoms with E-state index in [-0.39, 0.29) is 12.0 Å². The van der Waals surface area contributed by atoms with E-state index in [0.29, 0.717) is 24.6 Å². The fourth-order valence-corrected chi connectivity index (χ4v) is 4.08. The Morgan fingerprint density at radius 1 is 1.39 bits per heavy atom. The summed E-state index contributed by atoms with van der Waals surface area (Å²) in [6.45, 7) is 6.89. The molecule has 0 aliphatic carbocycles. The van der Waals surface area contributed by atoms with E-state index in [1.165, 1.54) is 11.3 Å². The summed E-state index contributed by atoms with van der Waals surface area (Å²) in [5.41, 5.74) is 8.17. The molecule has 1 atom stereocenters. The highest BCUT2D eigenvalue weighted by molar-refractivity contribution is 7.13. The van der Waals surface area contributed by atoms with E-state index < -0.39 is 5.60 Å². The average Bonchev–Trinajstić information content (AvgIpc) is 3.29. The number of fused-ring (bicyclic) bond motifs is 1. The number of ether oxygens (including phenoxy) is 1. The molecule has 1 aliphatic heterocycles. The van der Waals surface area contributed by atoms with E-state index in [0.717, 1.165) is 29.1 Å². The Morgan fingerprint density at radius 3 is 2.93 bits per heavy atom. The van der Waals surface area contributed by atoms with Crippen molar-refractivity contribution in [1.82, 2.24) is 24.5 Å². The van der Waals surface area contributed by atoms with Crippen molar-refractivity contribution in [2.24, 2.45) is 0 Å². The summed E-state index contributed by atoms with van der Waals surface area (Å²) in [5.74, 6) is 0.629. The maximum Gasteiger partial charge on any atom is 0.410 e. The lowest BCUT2D eigenvalue weighted by Gasteiger charge is -2.34. The molecule has 148 valence electrons. The van der Waals surface area contributed by atoms with Gasteiger partial charge >= 0.3 is 6.09 Å². The molecule has 1 saturated heterocycles. The fraction of sp³-hybridized carbons (Fsp3) is 0.474. The quantitative estimate of drug-likeness (QED) is 0.706. The molecule has 2 N–H and O–H groups in total. The zero-order valence-corrected chi connectivity index (χ0v) is 17.1. The van der Waals surface area contributed by atoms with Gasteiger partial charge in [-0.15, -0.1) is 11.3 Å². The lowest BCUT2D eigenvalue weighted by Crippen LogP contribution is -2.42. The number of rotatable bonds is 2. The number of likely N-dealkylation sites (tertiary alicyclic amines) is 1. The summed E-state index contributed by atoms with van der Waals surface area (Å²) in [7, 11) is 0. The minimum Gasteiger partial charge on any atom is -0.444 e. The van der Waals surface area contributed by atoms with Gasteiger partial charge in [0.15, 0.2) is 5.65 Å². The van der Waals surface area contributed by atoms with Crippen molar-refractivity contribution >= 4 is 28.9 Å². The number of nitrogen functional groups attached to an aromatic ring is 1.